The van der Waals surface area contributed by atoms with Crippen LogP contribution in [0.5, 0.6) is 0 Å². The van der Waals surface area contributed by atoms with Crippen LogP contribution in [0.15, 0.2) is 30.3 Å². The first-order valence-corrected chi connectivity index (χ1v) is 3.41. The summed E-state index contributed by atoms with van der Waals surface area (Å²) in [7, 11) is 0. The van der Waals surface area contributed by atoms with Gasteiger partial charge in [-0.25, -0.2) is 4.39 Å². The molecule has 0 aliphatic rings. The lowest BCUT2D eigenvalue weighted by Gasteiger charge is -1.90. The van der Waals surface area contributed by atoms with Crippen LogP contribution < -0.4 is 5.73 Å². The van der Waals surface area contributed by atoms with Gasteiger partial charge in [0.2, 0.25) is 5.91 Å². The molecule has 0 spiro atoms. The second-order valence-electron chi connectivity index (χ2n) is 2.29. The molecule has 0 radical (unpaired) electrons. The highest BCUT2D eigenvalue weighted by atomic mass is 19.1. The Morgan fingerprint density at radius 1 is 1.33 bits per heavy atom. The van der Waals surface area contributed by atoms with Crippen molar-refractivity contribution in [2.75, 3.05) is 0 Å². The Kier molecular flexibility index (Phi) is 2.58. The van der Waals surface area contributed by atoms with E-state index >= 15 is 0 Å². The first-order chi connectivity index (χ1) is 5.68. The first kappa shape index (κ1) is 8.46. The Labute approximate surface area is 69.5 Å². The minimum atomic E-state index is -0.515. The number of carbonyl (C=O) groups is 1. The lowest BCUT2D eigenvalue weighted by atomic mass is 10.2. The molecule has 0 unspecified atom stereocenters. The predicted molar refractivity (Wildman–Crippen MR) is 44.6 cm³/mol. The second kappa shape index (κ2) is 3.67. The highest BCUT2D eigenvalue weighted by molar-refractivity contribution is 5.90. The van der Waals surface area contributed by atoms with Crippen molar-refractivity contribution in [3.05, 3.63) is 41.7 Å². The van der Waals surface area contributed by atoms with E-state index in [-0.39, 0.29) is 5.82 Å². The normalized spacial score (nSPS) is 10.4. The van der Waals surface area contributed by atoms with Gasteiger partial charge in [0.1, 0.15) is 5.82 Å². The van der Waals surface area contributed by atoms with E-state index in [0.717, 1.165) is 5.56 Å². The van der Waals surface area contributed by atoms with Crippen LogP contribution in [-0.4, -0.2) is 5.91 Å². The largest absolute Gasteiger partial charge is 0.366 e. The number of nitrogens with two attached hydrogens (primary N) is 1. The van der Waals surface area contributed by atoms with Gasteiger partial charge in [-0.2, -0.15) is 0 Å². The molecule has 1 rings (SSSR count). The maximum Gasteiger partial charge on any atom is 0.241 e. The summed E-state index contributed by atoms with van der Waals surface area (Å²) in [5.41, 5.74) is 5.62. The fourth-order valence-electron chi connectivity index (χ4n) is 0.752. The third kappa shape index (κ3) is 2.54. The van der Waals surface area contributed by atoms with Gasteiger partial charge in [0, 0.05) is 6.08 Å². The van der Waals surface area contributed by atoms with E-state index in [1.165, 1.54) is 24.3 Å². The molecule has 0 aromatic heterocycles. The highest BCUT2D eigenvalue weighted by Gasteiger charge is 1.89. The molecule has 0 saturated carbocycles. The number of amides is 1. The topological polar surface area (TPSA) is 43.1 Å². The van der Waals surface area contributed by atoms with E-state index in [4.69, 9.17) is 5.73 Å². The molecule has 0 atom stereocenters. The molecule has 1 aromatic carbocycles. The van der Waals surface area contributed by atoms with Gasteiger partial charge >= 0.3 is 0 Å². The lowest BCUT2D eigenvalue weighted by Crippen LogP contribution is -2.04. The van der Waals surface area contributed by atoms with Gasteiger partial charge in [-0.1, -0.05) is 12.1 Å². The van der Waals surface area contributed by atoms with Crippen molar-refractivity contribution < 1.29 is 9.18 Å². The third-order valence-electron chi connectivity index (χ3n) is 1.31. The monoisotopic (exact) mass is 165 g/mol. The lowest BCUT2D eigenvalue weighted by molar-refractivity contribution is -0.113. The number of halogens is 1. The molecule has 0 aliphatic heterocycles. The fourth-order valence-corrected chi connectivity index (χ4v) is 0.752. The number of hydrogen-bond donors (Lipinski definition) is 1. The molecule has 0 heterocycles. The summed E-state index contributed by atoms with van der Waals surface area (Å²) in [6.45, 7) is 0. The molecule has 1 amide bonds. The minimum absolute atomic E-state index is 0.300. The zero-order valence-electron chi connectivity index (χ0n) is 6.33. The SMILES string of the molecule is NC(=O)C=Cc1ccc(F)cc1. The van der Waals surface area contributed by atoms with Gasteiger partial charge in [0.25, 0.3) is 0 Å². The van der Waals surface area contributed by atoms with Crippen LogP contribution in [0.4, 0.5) is 4.39 Å². The molecule has 1 aromatic rings. The summed E-state index contributed by atoms with van der Waals surface area (Å²) in [4.78, 5) is 10.3. The quantitative estimate of drug-likeness (QED) is 0.660. The van der Waals surface area contributed by atoms with Crippen LogP contribution in [0.1, 0.15) is 5.56 Å². The average Bonchev–Trinajstić information content (AvgIpc) is 2.03. The van der Waals surface area contributed by atoms with E-state index in [9.17, 15) is 9.18 Å². The van der Waals surface area contributed by atoms with Gasteiger partial charge in [0.15, 0.2) is 0 Å². The number of benzene rings is 1. The van der Waals surface area contributed by atoms with Crippen LogP contribution in [-0.2, 0) is 4.79 Å². The number of hydrogen-bond acceptors (Lipinski definition) is 1. The molecule has 0 fully saturated rings. The number of carbonyl (C=O) groups excluding carboxylic acids is 1. The van der Waals surface area contributed by atoms with Gasteiger partial charge in [-0.15, -0.1) is 0 Å². The fraction of sp³-hybridized carbons (Fsp3) is 0. The maximum atomic E-state index is 12.4. The van der Waals surface area contributed by atoms with Crippen LogP contribution >= 0.6 is 0 Å². The Morgan fingerprint density at radius 2 is 1.92 bits per heavy atom. The maximum absolute atomic E-state index is 12.4. The zero-order chi connectivity index (χ0) is 8.97. The number of rotatable bonds is 2. The molecule has 3 heteroatoms. The van der Waals surface area contributed by atoms with Gasteiger partial charge in [-0.05, 0) is 23.8 Å². The standard InChI is InChI=1S/C9H8FNO/c10-8-4-1-7(2-5-8)3-6-9(11)12/h1-6H,(H2,11,12). The van der Waals surface area contributed by atoms with Crippen LogP contribution in [0.25, 0.3) is 6.08 Å². The average molecular weight is 165 g/mol. The summed E-state index contributed by atoms with van der Waals surface area (Å²) in [6.07, 6.45) is 2.76. The van der Waals surface area contributed by atoms with Crippen molar-refractivity contribution in [1.82, 2.24) is 0 Å². The summed E-state index contributed by atoms with van der Waals surface area (Å²) in [6, 6.07) is 5.77. The molecule has 2 N–H and O–H groups in total. The molecular weight excluding hydrogens is 157 g/mol. The number of primary amides is 1. The molecule has 62 valence electrons. The van der Waals surface area contributed by atoms with E-state index < -0.39 is 5.91 Å². The Balaban J connectivity index is 2.77. The summed E-state index contributed by atoms with van der Waals surface area (Å²) in [5.74, 6) is -0.814. The summed E-state index contributed by atoms with van der Waals surface area (Å²) in [5, 5.41) is 0. The Hall–Kier alpha value is -1.64. The molecule has 2 nitrogen and oxygen atoms in total. The first-order valence-electron chi connectivity index (χ1n) is 3.41. The van der Waals surface area contributed by atoms with E-state index in [1.54, 1.807) is 12.1 Å². The van der Waals surface area contributed by atoms with Gasteiger partial charge in [-0.3, -0.25) is 4.79 Å². The summed E-state index contributed by atoms with van der Waals surface area (Å²) >= 11 is 0. The highest BCUT2D eigenvalue weighted by Crippen LogP contribution is 2.03. The predicted octanol–water partition coefficient (Wildman–Crippen LogP) is 1.32. The minimum Gasteiger partial charge on any atom is -0.366 e. The van der Waals surface area contributed by atoms with Crippen molar-refractivity contribution in [2.24, 2.45) is 5.73 Å². The van der Waals surface area contributed by atoms with E-state index in [1.807, 2.05) is 0 Å². The van der Waals surface area contributed by atoms with Crippen molar-refractivity contribution in [3.63, 3.8) is 0 Å². The smallest absolute Gasteiger partial charge is 0.241 e. The van der Waals surface area contributed by atoms with Crippen molar-refractivity contribution in [3.8, 4) is 0 Å². The zero-order valence-corrected chi connectivity index (χ0v) is 6.33. The van der Waals surface area contributed by atoms with Crippen LogP contribution in [0.2, 0.25) is 0 Å². The van der Waals surface area contributed by atoms with Crippen molar-refractivity contribution in [1.29, 1.82) is 0 Å². The van der Waals surface area contributed by atoms with Gasteiger partial charge in [0.05, 0.1) is 0 Å². The van der Waals surface area contributed by atoms with E-state index in [2.05, 4.69) is 0 Å². The third-order valence-corrected chi connectivity index (χ3v) is 1.31. The molecular formula is C9H8FNO. The van der Waals surface area contributed by atoms with Crippen LogP contribution in [0, 0.1) is 5.82 Å². The van der Waals surface area contributed by atoms with E-state index in [0.29, 0.717) is 0 Å². The second-order valence-corrected chi connectivity index (χ2v) is 2.29. The van der Waals surface area contributed by atoms with Crippen molar-refractivity contribution >= 4 is 12.0 Å². The Bertz CT molecular complexity index is 303. The molecule has 0 bridgehead atoms. The molecule has 12 heavy (non-hydrogen) atoms. The molecule has 0 saturated heterocycles. The Morgan fingerprint density at radius 3 is 2.42 bits per heavy atom. The summed E-state index contributed by atoms with van der Waals surface area (Å²) < 4.78 is 12.4. The van der Waals surface area contributed by atoms with Crippen LogP contribution in [0.3, 0.4) is 0 Å². The van der Waals surface area contributed by atoms with Gasteiger partial charge < -0.3 is 5.73 Å². The van der Waals surface area contributed by atoms with Crippen molar-refractivity contribution in [2.45, 2.75) is 0 Å². The molecule has 0 aliphatic carbocycles.